The van der Waals surface area contributed by atoms with Gasteiger partial charge >= 0.3 is 0 Å². The van der Waals surface area contributed by atoms with Crippen LogP contribution < -0.4 is 5.32 Å². The van der Waals surface area contributed by atoms with E-state index >= 15 is 0 Å². The van der Waals surface area contributed by atoms with Gasteiger partial charge in [-0.1, -0.05) is 36.4 Å². The molecule has 0 bridgehead atoms. The topological polar surface area (TPSA) is 46.4 Å². The van der Waals surface area contributed by atoms with E-state index < -0.39 is 0 Å². The van der Waals surface area contributed by atoms with Crippen molar-refractivity contribution in [1.82, 2.24) is 14.9 Å². The number of carbonyl (C=O) groups is 1. The average molecular weight is 585 g/mol. The van der Waals surface area contributed by atoms with Crippen LogP contribution in [0.15, 0.2) is 60.0 Å². The molecule has 0 spiro atoms. The first kappa shape index (κ1) is 17.9. The first-order valence-corrected chi connectivity index (χ1v) is 10.9. The number of pyridine rings is 1. The number of hydrogen-bond acceptors (Lipinski definition) is 3. The van der Waals surface area contributed by atoms with Gasteiger partial charge in [0.1, 0.15) is 3.70 Å². The number of hydrogen-bond donors (Lipinski definition) is 1. The Kier molecular flexibility index (Phi) is 5.28. The molecule has 0 aliphatic heterocycles. The van der Waals surface area contributed by atoms with E-state index in [4.69, 9.17) is 0 Å². The van der Waals surface area contributed by atoms with Crippen molar-refractivity contribution in [2.75, 3.05) is 0 Å². The SMILES string of the molecule is O=C(NCc1cccs1)c1nn2c(I)cc(-c3ccccc3)cc2c1I. The van der Waals surface area contributed by atoms with Crippen molar-refractivity contribution in [1.29, 1.82) is 0 Å². The van der Waals surface area contributed by atoms with E-state index in [1.165, 1.54) is 0 Å². The van der Waals surface area contributed by atoms with E-state index in [9.17, 15) is 4.79 Å². The van der Waals surface area contributed by atoms with E-state index in [-0.39, 0.29) is 5.91 Å². The van der Waals surface area contributed by atoms with Crippen LogP contribution in [0.5, 0.6) is 0 Å². The standard InChI is InChI=1S/C19H13I2N3OS/c20-16-10-13(12-5-2-1-3-6-12)9-15-17(21)18(23-24(15)16)19(25)22-11-14-7-4-8-26-14/h1-10H,11H2,(H,22,25). The Morgan fingerprint density at radius 1 is 1.08 bits per heavy atom. The van der Waals surface area contributed by atoms with Crippen LogP contribution in [0.25, 0.3) is 16.6 Å². The highest BCUT2D eigenvalue weighted by molar-refractivity contribution is 14.1. The monoisotopic (exact) mass is 585 g/mol. The van der Waals surface area contributed by atoms with Crippen LogP contribution in [0.1, 0.15) is 15.4 Å². The number of benzene rings is 1. The number of nitrogens with zero attached hydrogens (tertiary/aromatic N) is 2. The molecule has 0 saturated heterocycles. The summed E-state index contributed by atoms with van der Waals surface area (Å²) in [5.74, 6) is -0.149. The molecule has 0 radical (unpaired) electrons. The number of fused-ring (bicyclic) bond motifs is 1. The first-order chi connectivity index (χ1) is 12.6. The second kappa shape index (κ2) is 7.65. The molecule has 7 heteroatoms. The van der Waals surface area contributed by atoms with Crippen molar-refractivity contribution in [3.8, 4) is 11.1 Å². The molecule has 0 atom stereocenters. The number of carbonyl (C=O) groups excluding carboxylic acids is 1. The van der Waals surface area contributed by atoms with Crippen molar-refractivity contribution >= 4 is 67.9 Å². The lowest BCUT2D eigenvalue weighted by molar-refractivity contribution is 0.0945. The fourth-order valence-electron chi connectivity index (χ4n) is 2.68. The highest BCUT2D eigenvalue weighted by Crippen LogP contribution is 2.27. The third-order valence-electron chi connectivity index (χ3n) is 3.96. The maximum Gasteiger partial charge on any atom is 0.273 e. The molecule has 1 N–H and O–H groups in total. The van der Waals surface area contributed by atoms with Crippen LogP contribution in [-0.2, 0) is 6.54 Å². The number of aromatic nitrogens is 2. The van der Waals surface area contributed by atoms with Gasteiger partial charge in [0.2, 0.25) is 0 Å². The van der Waals surface area contributed by atoms with Gasteiger partial charge in [-0.3, -0.25) is 4.79 Å². The molecular weight excluding hydrogens is 572 g/mol. The quantitative estimate of drug-likeness (QED) is 0.265. The van der Waals surface area contributed by atoms with E-state index in [2.05, 4.69) is 79.9 Å². The zero-order valence-corrected chi connectivity index (χ0v) is 18.6. The molecule has 0 unspecified atom stereocenters. The predicted molar refractivity (Wildman–Crippen MR) is 122 cm³/mol. The summed E-state index contributed by atoms with van der Waals surface area (Å²) in [7, 11) is 0. The molecule has 0 fully saturated rings. The highest BCUT2D eigenvalue weighted by Gasteiger charge is 2.19. The normalized spacial score (nSPS) is 11.0. The molecule has 130 valence electrons. The van der Waals surface area contributed by atoms with Crippen LogP contribution >= 0.6 is 56.5 Å². The van der Waals surface area contributed by atoms with Gasteiger partial charge in [0.15, 0.2) is 5.69 Å². The third kappa shape index (κ3) is 3.52. The van der Waals surface area contributed by atoms with Gasteiger partial charge in [0.05, 0.1) is 15.6 Å². The lowest BCUT2D eigenvalue weighted by Crippen LogP contribution is -2.23. The summed E-state index contributed by atoms with van der Waals surface area (Å²) in [6.45, 7) is 0.521. The Morgan fingerprint density at radius 2 is 1.88 bits per heavy atom. The summed E-state index contributed by atoms with van der Waals surface area (Å²) in [5.41, 5.74) is 3.67. The zero-order valence-electron chi connectivity index (χ0n) is 13.4. The van der Waals surface area contributed by atoms with Gasteiger partial charge in [0, 0.05) is 4.88 Å². The van der Waals surface area contributed by atoms with Crippen molar-refractivity contribution in [3.05, 3.63) is 77.8 Å². The predicted octanol–water partition coefficient (Wildman–Crippen LogP) is 5.20. The lowest BCUT2D eigenvalue weighted by atomic mass is 10.1. The van der Waals surface area contributed by atoms with Gasteiger partial charge in [0.25, 0.3) is 5.91 Å². The molecule has 4 nitrogen and oxygen atoms in total. The molecule has 0 aliphatic rings. The molecule has 0 aliphatic carbocycles. The van der Waals surface area contributed by atoms with Crippen molar-refractivity contribution in [3.63, 3.8) is 0 Å². The smallest absolute Gasteiger partial charge is 0.273 e. The van der Waals surface area contributed by atoms with Gasteiger partial charge in [-0.25, -0.2) is 4.52 Å². The van der Waals surface area contributed by atoms with Crippen molar-refractivity contribution in [2.24, 2.45) is 0 Å². The summed E-state index contributed by atoms with van der Waals surface area (Å²) < 4.78 is 3.66. The van der Waals surface area contributed by atoms with Gasteiger partial charge in [-0.15, -0.1) is 11.3 Å². The Labute approximate surface area is 181 Å². The molecule has 3 heterocycles. The highest BCUT2D eigenvalue weighted by atomic mass is 127. The Hall–Kier alpha value is -1.46. The summed E-state index contributed by atoms with van der Waals surface area (Å²) in [5, 5.41) is 9.50. The molecule has 3 aromatic heterocycles. The van der Waals surface area contributed by atoms with Crippen LogP contribution in [0.2, 0.25) is 0 Å². The molecular formula is C19H13I2N3OS. The van der Waals surface area contributed by atoms with Gasteiger partial charge in [-0.05, 0) is 79.9 Å². The minimum atomic E-state index is -0.149. The average Bonchev–Trinajstić information content (AvgIpc) is 3.29. The van der Waals surface area contributed by atoms with Gasteiger partial charge < -0.3 is 5.32 Å². The second-order valence-corrected chi connectivity index (χ2v) is 8.87. The van der Waals surface area contributed by atoms with E-state index in [0.717, 1.165) is 28.8 Å². The Balaban J connectivity index is 1.70. The number of rotatable bonds is 4. The second-order valence-electron chi connectivity index (χ2n) is 5.65. The zero-order chi connectivity index (χ0) is 18.1. The number of nitrogens with one attached hydrogen (secondary N) is 1. The number of halogens is 2. The Bertz CT molecular complexity index is 1080. The molecule has 0 saturated carbocycles. The molecule has 4 rings (SSSR count). The summed E-state index contributed by atoms with van der Waals surface area (Å²) >= 11 is 6.10. The first-order valence-electron chi connectivity index (χ1n) is 7.87. The van der Waals surface area contributed by atoms with Crippen LogP contribution in [0.3, 0.4) is 0 Å². The van der Waals surface area contributed by atoms with E-state index in [1.54, 1.807) is 11.3 Å². The minimum absolute atomic E-state index is 0.149. The third-order valence-corrected chi connectivity index (χ3v) is 6.66. The minimum Gasteiger partial charge on any atom is -0.346 e. The molecule has 4 aromatic rings. The van der Waals surface area contributed by atoms with Gasteiger partial charge in [-0.2, -0.15) is 5.10 Å². The summed E-state index contributed by atoms with van der Waals surface area (Å²) in [6, 6.07) is 18.4. The lowest BCUT2D eigenvalue weighted by Gasteiger charge is -2.04. The van der Waals surface area contributed by atoms with Crippen molar-refractivity contribution in [2.45, 2.75) is 6.54 Å². The summed E-state index contributed by atoms with van der Waals surface area (Å²) in [6.07, 6.45) is 0. The fourth-order valence-corrected chi connectivity index (χ4v) is 4.77. The fraction of sp³-hybridized carbons (Fsp3) is 0.0526. The maximum atomic E-state index is 12.6. The van der Waals surface area contributed by atoms with Crippen LogP contribution in [0.4, 0.5) is 0 Å². The van der Waals surface area contributed by atoms with E-state index in [1.807, 2.05) is 40.2 Å². The summed E-state index contributed by atoms with van der Waals surface area (Å²) in [4.78, 5) is 13.7. The van der Waals surface area contributed by atoms with Crippen LogP contribution in [-0.4, -0.2) is 15.5 Å². The number of thiophene rings is 1. The van der Waals surface area contributed by atoms with Crippen molar-refractivity contribution < 1.29 is 4.79 Å². The molecule has 26 heavy (non-hydrogen) atoms. The molecule has 1 aromatic carbocycles. The maximum absolute atomic E-state index is 12.6. The number of amides is 1. The largest absolute Gasteiger partial charge is 0.346 e. The molecule has 1 amide bonds. The van der Waals surface area contributed by atoms with E-state index in [0.29, 0.717) is 12.2 Å². The van der Waals surface area contributed by atoms with Crippen LogP contribution in [0, 0.1) is 7.27 Å². The Morgan fingerprint density at radius 3 is 2.62 bits per heavy atom.